The summed E-state index contributed by atoms with van der Waals surface area (Å²) in [5.74, 6) is 4.11. The molecule has 0 unspecified atom stereocenters. The molecule has 0 bridgehead atoms. The van der Waals surface area contributed by atoms with Crippen LogP contribution < -0.4 is 9.64 Å². The van der Waals surface area contributed by atoms with Crippen LogP contribution in [-0.4, -0.2) is 42.9 Å². The Hall–Kier alpha value is -3.46. The van der Waals surface area contributed by atoms with E-state index in [4.69, 9.17) is 14.2 Å². The molecule has 9 heteroatoms. The highest BCUT2D eigenvalue weighted by molar-refractivity contribution is 7.85. The van der Waals surface area contributed by atoms with Gasteiger partial charge in [-0.1, -0.05) is 11.2 Å². The van der Waals surface area contributed by atoms with Gasteiger partial charge in [0.25, 0.3) is 0 Å². The maximum absolute atomic E-state index is 13.3. The van der Waals surface area contributed by atoms with Crippen molar-refractivity contribution < 1.29 is 18.3 Å². The summed E-state index contributed by atoms with van der Waals surface area (Å²) in [6, 6.07) is 12.5. The molecule has 1 amide bonds. The lowest BCUT2D eigenvalue weighted by atomic mass is 10.0. The number of imidazole rings is 1. The summed E-state index contributed by atoms with van der Waals surface area (Å²) < 4.78 is 25.7. The van der Waals surface area contributed by atoms with Crippen LogP contribution in [0.5, 0.6) is 5.75 Å². The Labute approximate surface area is 223 Å². The van der Waals surface area contributed by atoms with E-state index in [1.165, 1.54) is 0 Å². The molecule has 0 saturated carbocycles. The van der Waals surface area contributed by atoms with E-state index in [1.807, 2.05) is 30.9 Å². The molecule has 8 nitrogen and oxygen atoms in total. The second-order valence-corrected chi connectivity index (χ2v) is 12.2. The number of rotatable bonds is 4. The van der Waals surface area contributed by atoms with Gasteiger partial charge in [-0.05, 0) is 74.6 Å². The van der Waals surface area contributed by atoms with E-state index in [0.29, 0.717) is 31.0 Å². The summed E-state index contributed by atoms with van der Waals surface area (Å²) in [7, 11) is -0.764. The molecule has 0 spiro atoms. The Bertz CT molecular complexity index is 1580. The van der Waals surface area contributed by atoms with Gasteiger partial charge in [-0.2, -0.15) is 0 Å². The zero-order valence-electron chi connectivity index (χ0n) is 21.6. The average molecular weight is 531 g/mol. The van der Waals surface area contributed by atoms with Gasteiger partial charge in [0.1, 0.15) is 17.3 Å². The number of hydrogen-bond acceptors (Lipinski definition) is 6. The standard InChI is InChI=1S/C29H30N4O4S/c1-17-28(18(2)37-31-17)20-3-5-24-23(16-20)30-29(33(24)21-10-13-38(35)14-11-21)25-6-8-27(34)32(25)22-4-7-26-19(15-22)9-12-36-26/h3-5,7,15-16,21,25H,6,8-14H2,1-2H3/t21?,25-,38?/m0/s1. The summed E-state index contributed by atoms with van der Waals surface area (Å²) >= 11 is 0. The first kappa shape index (κ1) is 23.6. The van der Waals surface area contributed by atoms with Crippen LogP contribution in [0.25, 0.3) is 22.2 Å². The molecule has 4 aromatic rings. The van der Waals surface area contributed by atoms with Crippen molar-refractivity contribution in [3.8, 4) is 16.9 Å². The van der Waals surface area contributed by atoms with E-state index < -0.39 is 10.8 Å². The number of fused-ring (bicyclic) bond motifs is 2. The summed E-state index contributed by atoms with van der Waals surface area (Å²) in [6.45, 7) is 4.56. The van der Waals surface area contributed by atoms with Crippen LogP contribution in [0.3, 0.4) is 0 Å². The van der Waals surface area contributed by atoms with Gasteiger partial charge in [-0.3, -0.25) is 9.00 Å². The van der Waals surface area contributed by atoms with Crippen molar-refractivity contribution in [2.45, 2.75) is 58.0 Å². The lowest BCUT2D eigenvalue weighted by Gasteiger charge is -2.30. The van der Waals surface area contributed by atoms with Gasteiger partial charge in [-0.25, -0.2) is 4.98 Å². The number of carbonyl (C=O) groups excluding carboxylic acids is 1. The molecule has 7 rings (SSSR count). The molecule has 2 fully saturated rings. The van der Waals surface area contributed by atoms with Gasteiger partial charge in [0.2, 0.25) is 5.91 Å². The van der Waals surface area contributed by atoms with E-state index in [2.05, 4.69) is 34.0 Å². The van der Waals surface area contributed by atoms with Crippen LogP contribution in [0.15, 0.2) is 40.9 Å². The number of ether oxygens (including phenoxy) is 1. The molecule has 2 aromatic heterocycles. The topological polar surface area (TPSA) is 90.5 Å². The van der Waals surface area contributed by atoms with E-state index in [0.717, 1.165) is 75.7 Å². The zero-order chi connectivity index (χ0) is 26.0. The second-order valence-electron chi connectivity index (χ2n) is 10.5. The number of benzene rings is 2. The maximum Gasteiger partial charge on any atom is 0.227 e. The Morgan fingerprint density at radius 1 is 1.03 bits per heavy atom. The average Bonchev–Trinajstić information content (AvgIpc) is 3.69. The Morgan fingerprint density at radius 3 is 2.66 bits per heavy atom. The highest BCUT2D eigenvalue weighted by Gasteiger charge is 2.38. The van der Waals surface area contributed by atoms with Gasteiger partial charge >= 0.3 is 0 Å². The number of aryl methyl sites for hydroxylation is 2. The van der Waals surface area contributed by atoms with Crippen LogP contribution in [-0.2, 0) is 22.0 Å². The molecule has 2 saturated heterocycles. The van der Waals surface area contributed by atoms with Crippen LogP contribution in [0, 0.1) is 13.8 Å². The molecule has 0 aliphatic carbocycles. The van der Waals surface area contributed by atoms with Crippen LogP contribution in [0.4, 0.5) is 5.69 Å². The summed E-state index contributed by atoms with van der Waals surface area (Å²) in [6.07, 6.45) is 3.74. The first-order valence-corrected chi connectivity index (χ1v) is 14.8. The Morgan fingerprint density at radius 2 is 1.87 bits per heavy atom. The molecular weight excluding hydrogens is 500 g/mol. The fourth-order valence-electron chi connectivity index (χ4n) is 6.40. The number of amides is 1. The summed E-state index contributed by atoms with van der Waals surface area (Å²) in [5, 5.41) is 4.13. The summed E-state index contributed by atoms with van der Waals surface area (Å²) in [5.41, 5.74) is 6.86. The third kappa shape index (κ3) is 3.78. The number of anilines is 1. The minimum Gasteiger partial charge on any atom is -0.493 e. The van der Waals surface area contributed by atoms with Gasteiger partial charge in [0.15, 0.2) is 0 Å². The zero-order valence-corrected chi connectivity index (χ0v) is 22.4. The van der Waals surface area contributed by atoms with Crippen molar-refractivity contribution in [3.63, 3.8) is 0 Å². The van der Waals surface area contributed by atoms with Crippen molar-refractivity contribution in [1.29, 1.82) is 0 Å². The Balaban J connectivity index is 1.37. The van der Waals surface area contributed by atoms with Crippen molar-refractivity contribution >= 4 is 33.4 Å². The van der Waals surface area contributed by atoms with E-state index in [1.54, 1.807) is 0 Å². The molecule has 2 aromatic carbocycles. The molecule has 0 N–H and O–H groups in total. The number of aromatic nitrogens is 3. The molecular formula is C29H30N4O4S. The lowest BCUT2D eigenvalue weighted by molar-refractivity contribution is -0.117. The summed E-state index contributed by atoms with van der Waals surface area (Å²) in [4.78, 5) is 20.4. The fraction of sp³-hybridized carbons (Fsp3) is 0.414. The third-order valence-corrected chi connectivity index (χ3v) is 9.60. The van der Waals surface area contributed by atoms with Gasteiger partial charge in [0.05, 0.1) is 29.4 Å². The van der Waals surface area contributed by atoms with Gasteiger partial charge < -0.3 is 18.7 Å². The number of hydrogen-bond donors (Lipinski definition) is 0. The van der Waals surface area contributed by atoms with E-state index >= 15 is 0 Å². The highest BCUT2D eigenvalue weighted by atomic mass is 32.2. The number of carbonyl (C=O) groups is 1. The normalized spacial score (nSPS) is 23.3. The maximum atomic E-state index is 13.3. The minimum atomic E-state index is -0.764. The third-order valence-electron chi connectivity index (χ3n) is 8.22. The smallest absolute Gasteiger partial charge is 0.227 e. The van der Waals surface area contributed by atoms with Crippen molar-refractivity contribution in [2.75, 3.05) is 23.0 Å². The van der Waals surface area contributed by atoms with Crippen molar-refractivity contribution in [3.05, 3.63) is 59.2 Å². The largest absolute Gasteiger partial charge is 0.493 e. The lowest BCUT2D eigenvalue weighted by Crippen LogP contribution is -2.31. The first-order valence-electron chi connectivity index (χ1n) is 13.4. The number of nitrogens with zero attached hydrogens (tertiary/aromatic N) is 4. The Kier molecular flexibility index (Phi) is 5.65. The predicted octanol–water partition coefficient (Wildman–Crippen LogP) is 5.19. The SMILES string of the molecule is Cc1noc(C)c1-c1ccc2c(c1)nc([C@@H]1CCC(=O)N1c1ccc3c(c1)CCO3)n2C1CCS(=O)CC1. The molecule has 0 radical (unpaired) electrons. The molecule has 3 aliphatic heterocycles. The molecule has 5 heterocycles. The monoisotopic (exact) mass is 530 g/mol. The molecule has 3 aliphatic rings. The van der Waals surface area contributed by atoms with Crippen molar-refractivity contribution in [1.82, 2.24) is 14.7 Å². The van der Waals surface area contributed by atoms with E-state index in [-0.39, 0.29) is 18.0 Å². The highest BCUT2D eigenvalue weighted by Crippen LogP contribution is 2.42. The van der Waals surface area contributed by atoms with Crippen LogP contribution in [0.1, 0.15) is 60.6 Å². The first-order chi connectivity index (χ1) is 18.5. The molecule has 38 heavy (non-hydrogen) atoms. The fourth-order valence-corrected chi connectivity index (χ4v) is 7.68. The van der Waals surface area contributed by atoms with Crippen LogP contribution >= 0.6 is 0 Å². The van der Waals surface area contributed by atoms with Gasteiger partial charge in [0, 0.05) is 52.4 Å². The predicted molar refractivity (Wildman–Crippen MR) is 146 cm³/mol. The molecule has 196 valence electrons. The van der Waals surface area contributed by atoms with Gasteiger partial charge in [-0.15, -0.1) is 0 Å². The second kappa shape index (κ2) is 9.08. The molecule has 1 atom stereocenters. The van der Waals surface area contributed by atoms with Crippen LogP contribution in [0.2, 0.25) is 0 Å². The van der Waals surface area contributed by atoms with E-state index in [9.17, 15) is 9.00 Å². The van der Waals surface area contributed by atoms with Crippen molar-refractivity contribution in [2.24, 2.45) is 0 Å². The minimum absolute atomic E-state index is 0.119. The quantitative estimate of drug-likeness (QED) is 0.361.